The highest BCUT2D eigenvalue weighted by Gasteiger charge is 2.15. The molecular formula is C13H16N4O4. The summed E-state index contributed by atoms with van der Waals surface area (Å²) in [5.74, 6) is -0.657. The van der Waals surface area contributed by atoms with Gasteiger partial charge in [-0.1, -0.05) is 12.8 Å². The van der Waals surface area contributed by atoms with E-state index in [0.717, 1.165) is 19.3 Å². The fourth-order valence-corrected chi connectivity index (χ4v) is 1.75. The maximum atomic E-state index is 10.9. The minimum Gasteiger partial charge on any atom is -0.481 e. The molecule has 1 aromatic heterocycles. The zero-order valence-electron chi connectivity index (χ0n) is 11.4. The predicted molar refractivity (Wildman–Crippen MR) is 74.8 cm³/mol. The molecule has 0 aromatic carbocycles. The Morgan fingerprint density at radius 1 is 1.43 bits per heavy atom. The third-order valence-electron chi connectivity index (χ3n) is 2.80. The van der Waals surface area contributed by atoms with Crippen LogP contribution in [0.5, 0.6) is 0 Å². The number of carbonyl (C=O) groups is 1. The molecule has 0 atom stereocenters. The third-order valence-corrected chi connectivity index (χ3v) is 2.80. The van der Waals surface area contributed by atoms with Crippen molar-refractivity contribution in [3.63, 3.8) is 0 Å². The third kappa shape index (κ3) is 5.86. The number of hydrogen-bond acceptors (Lipinski definition) is 6. The molecule has 112 valence electrons. The van der Waals surface area contributed by atoms with Gasteiger partial charge in [-0.2, -0.15) is 5.26 Å². The molecule has 0 saturated carbocycles. The first-order chi connectivity index (χ1) is 10.0. The molecule has 21 heavy (non-hydrogen) atoms. The van der Waals surface area contributed by atoms with Gasteiger partial charge in [0, 0.05) is 25.2 Å². The summed E-state index contributed by atoms with van der Waals surface area (Å²) in [7, 11) is 0. The predicted octanol–water partition coefficient (Wildman–Crippen LogP) is 2.31. The van der Waals surface area contributed by atoms with Crippen molar-refractivity contribution in [1.29, 1.82) is 5.26 Å². The van der Waals surface area contributed by atoms with E-state index >= 15 is 0 Å². The Morgan fingerprint density at radius 2 is 2.14 bits per heavy atom. The monoisotopic (exact) mass is 292 g/mol. The standard InChI is InChI=1S/C13H16N4O4/c14-8-10-7-11(17(20)21)13(16-9-10)15-6-4-2-1-3-5-12(18)19/h7,9H,1-6H2,(H,15,16)(H,18,19). The molecule has 0 amide bonds. The van der Waals surface area contributed by atoms with Crippen LogP contribution in [0.4, 0.5) is 11.5 Å². The summed E-state index contributed by atoms with van der Waals surface area (Å²) in [6.45, 7) is 0.507. The Kier molecular flexibility index (Phi) is 6.60. The first-order valence-corrected chi connectivity index (χ1v) is 6.55. The summed E-state index contributed by atoms with van der Waals surface area (Å²) >= 11 is 0. The summed E-state index contributed by atoms with van der Waals surface area (Å²) in [6.07, 6.45) is 4.47. The Hall–Kier alpha value is -2.69. The van der Waals surface area contributed by atoms with Gasteiger partial charge >= 0.3 is 11.7 Å². The quantitative estimate of drug-likeness (QED) is 0.405. The highest BCUT2D eigenvalue weighted by molar-refractivity contribution is 5.66. The van der Waals surface area contributed by atoms with Crippen LogP contribution in [0.3, 0.4) is 0 Å². The number of hydrogen-bond donors (Lipinski definition) is 2. The molecule has 0 aliphatic carbocycles. The van der Waals surface area contributed by atoms with Crippen LogP contribution >= 0.6 is 0 Å². The minimum absolute atomic E-state index is 0.140. The number of pyridine rings is 1. The number of carboxylic acid groups (broad SMARTS) is 1. The summed E-state index contributed by atoms with van der Waals surface area (Å²) in [5, 5.41) is 30.9. The molecule has 8 nitrogen and oxygen atoms in total. The number of nitrogens with one attached hydrogen (secondary N) is 1. The molecule has 1 heterocycles. The normalized spacial score (nSPS) is 9.86. The van der Waals surface area contributed by atoms with Crippen molar-refractivity contribution in [2.45, 2.75) is 32.1 Å². The first kappa shape index (κ1) is 16.4. The van der Waals surface area contributed by atoms with Crippen LogP contribution in [0.25, 0.3) is 0 Å². The summed E-state index contributed by atoms with van der Waals surface area (Å²) in [4.78, 5) is 24.5. The Balaban J connectivity index is 2.40. The van der Waals surface area contributed by atoms with Crippen molar-refractivity contribution in [1.82, 2.24) is 4.98 Å². The molecule has 1 rings (SSSR count). The van der Waals surface area contributed by atoms with Crippen LogP contribution in [0, 0.1) is 21.4 Å². The minimum atomic E-state index is -0.800. The molecule has 8 heteroatoms. The molecule has 0 saturated heterocycles. The lowest BCUT2D eigenvalue weighted by Crippen LogP contribution is -2.06. The van der Waals surface area contributed by atoms with Gasteiger partial charge in [0.15, 0.2) is 0 Å². The molecule has 0 radical (unpaired) electrons. The van der Waals surface area contributed by atoms with Crippen molar-refractivity contribution in [2.75, 3.05) is 11.9 Å². The lowest BCUT2D eigenvalue weighted by molar-refractivity contribution is -0.384. The molecular weight excluding hydrogens is 276 g/mol. The Labute approximate surface area is 121 Å². The number of aliphatic carboxylic acids is 1. The first-order valence-electron chi connectivity index (χ1n) is 6.55. The molecule has 0 bridgehead atoms. The zero-order chi connectivity index (χ0) is 15.7. The fourth-order valence-electron chi connectivity index (χ4n) is 1.75. The second-order valence-corrected chi connectivity index (χ2v) is 4.45. The lowest BCUT2D eigenvalue weighted by atomic mass is 10.1. The van der Waals surface area contributed by atoms with E-state index in [1.807, 2.05) is 0 Å². The van der Waals surface area contributed by atoms with Crippen LogP contribution in [-0.4, -0.2) is 27.5 Å². The van der Waals surface area contributed by atoms with Gasteiger partial charge < -0.3 is 10.4 Å². The SMILES string of the molecule is N#Cc1cnc(NCCCCCCC(=O)O)c([N+](=O)[O-])c1. The lowest BCUT2D eigenvalue weighted by Gasteiger charge is -2.06. The highest BCUT2D eigenvalue weighted by atomic mass is 16.6. The molecule has 0 unspecified atom stereocenters. The average molecular weight is 292 g/mol. The van der Waals surface area contributed by atoms with Gasteiger partial charge in [0.2, 0.25) is 5.82 Å². The van der Waals surface area contributed by atoms with E-state index in [0.29, 0.717) is 13.0 Å². The molecule has 1 aromatic rings. The van der Waals surface area contributed by atoms with E-state index in [9.17, 15) is 14.9 Å². The van der Waals surface area contributed by atoms with Crippen LogP contribution in [-0.2, 0) is 4.79 Å². The number of aromatic nitrogens is 1. The van der Waals surface area contributed by atoms with Crippen LogP contribution in [0.15, 0.2) is 12.3 Å². The number of unbranched alkanes of at least 4 members (excludes halogenated alkanes) is 3. The van der Waals surface area contributed by atoms with Gasteiger partial charge in [0.25, 0.3) is 0 Å². The van der Waals surface area contributed by atoms with Crippen molar-refractivity contribution < 1.29 is 14.8 Å². The van der Waals surface area contributed by atoms with Gasteiger partial charge in [-0.25, -0.2) is 4.98 Å². The number of nitriles is 1. The maximum absolute atomic E-state index is 10.9. The number of anilines is 1. The number of nitrogens with zero attached hydrogens (tertiary/aromatic N) is 3. The second-order valence-electron chi connectivity index (χ2n) is 4.45. The van der Waals surface area contributed by atoms with E-state index in [1.54, 1.807) is 6.07 Å². The van der Waals surface area contributed by atoms with E-state index in [1.165, 1.54) is 12.3 Å². The second kappa shape index (κ2) is 8.47. The van der Waals surface area contributed by atoms with E-state index in [-0.39, 0.29) is 23.5 Å². The summed E-state index contributed by atoms with van der Waals surface area (Å²) < 4.78 is 0. The van der Waals surface area contributed by atoms with E-state index in [2.05, 4.69) is 10.3 Å². The van der Waals surface area contributed by atoms with Gasteiger partial charge in [-0.15, -0.1) is 0 Å². The smallest absolute Gasteiger partial charge is 0.312 e. The molecule has 0 aliphatic rings. The highest BCUT2D eigenvalue weighted by Crippen LogP contribution is 2.22. The Morgan fingerprint density at radius 3 is 2.76 bits per heavy atom. The van der Waals surface area contributed by atoms with Gasteiger partial charge in [0.05, 0.1) is 10.5 Å². The van der Waals surface area contributed by atoms with Gasteiger partial charge in [-0.05, 0) is 12.8 Å². The van der Waals surface area contributed by atoms with Crippen LogP contribution in [0.1, 0.15) is 37.7 Å². The molecule has 0 spiro atoms. The molecule has 0 aliphatic heterocycles. The van der Waals surface area contributed by atoms with E-state index < -0.39 is 10.9 Å². The largest absolute Gasteiger partial charge is 0.481 e. The van der Waals surface area contributed by atoms with Crippen molar-refractivity contribution in [3.05, 3.63) is 27.9 Å². The fraction of sp³-hybridized carbons (Fsp3) is 0.462. The number of rotatable bonds is 9. The Bertz CT molecular complexity index is 554. The summed E-state index contributed by atoms with van der Waals surface area (Å²) in [5.41, 5.74) is -0.0825. The zero-order valence-corrected chi connectivity index (χ0v) is 11.4. The van der Waals surface area contributed by atoms with Crippen LogP contribution in [0.2, 0.25) is 0 Å². The van der Waals surface area contributed by atoms with Gasteiger partial charge in [0.1, 0.15) is 6.07 Å². The molecule has 2 N–H and O–H groups in total. The van der Waals surface area contributed by atoms with Crippen molar-refractivity contribution >= 4 is 17.5 Å². The number of carboxylic acids is 1. The topological polar surface area (TPSA) is 129 Å². The van der Waals surface area contributed by atoms with Crippen LogP contribution < -0.4 is 5.32 Å². The van der Waals surface area contributed by atoms with Crippen molar-refractivity contribution in [2.24, 2.45) is 0 Å². The van der Waals surface area contributed by atoms with Crippen molar-refractivity contribution in [3.8, 4) is 6.07 Å². The maximum Gasteiger partial charge on any atom is 0.312 e. The molecule has 0 fully saturated rings. The summed E-state index contributed by atoms with van der Waals surface area (Å²) in [6, 6.07) is 2.99. The number of nitro groups is 1. The van der Waals surface area contributed by atoms with Gasteiger partial charge in [-0.3, -0.25) is 14.9 Å². The average Bonchev–Trinajstić information content (AvgIpc) is 2.45. The van der Waals surface area contributed by atoms with E-state index in [4.69, 9.17) is 10.4 Å².